The summed E-state index contributed by atoms with van der Waals surface area (Å²) in [5, 5.41) is 3.13. The third-order valence-corrected chi connectivity index (χ3v) is 3.05. The van der Waals surface area contributed by atoms with E-state index in [9.17, 15) is 0 Å². The Bertz CT molecular complexity index is 305. The van der Waals surface area contributed by atoms with Crippen LogP contribution in [0.15, 0.2) is 12.5 Å². The normalized spacial score (nSPS) is 20.4. The molecule has 16 heavy (non-hydrogen) atoms. The van der Waals surface area contributed by atoms with Gasteiger partial charge in [-0.05, 0) is 26.3 Å². The van der Waals surface area contributed by atoms with Gasteiger partial charge in [-0.25, -0.2) is 4.98 Å². The summed E-state index contributed by atoms with van der Waals surface area (Å²) >= 11 is 0. The quantitative estimate of drug-likeness (QED) is 0.788. The van der Waals surface area contributed by atoms with E-state index in [1.54, 1.807) is 0 Å². The predicted molar refractivity (Wildman–Crippen MR) is 63.4 cm³/mol. The number of aryl methyl sites for hydroxylation is 1. The molecule has 0 aromatic carbocycles. The minimum atomic E-state index is 0.475. The van der Waals surface area contributed by atoms with E-state index in [0.29, 0.717) is 6.10 Å². The lowest BCUT2D eigenvalue weighted by Crippen LogP contribution is -2.10. The summed E-state index contributed by atoms with van der Waals surface area (Å²) in [5.74, 6) is 0. The number of nitrogens with zero attached hydrogens (tertiary/aromatic N) is 2. The molecule has 4 heteroatoms. The Hall–Kier alpha value is -0.870. The summed E-state index contributed by atoms with van der Waals surface area (Å²) in [5.41, 5.74) is 1.17. The highest BCUT2D eigenvalue weighted by atomic mass is 16.5. The van der Waals surface area contributed by atoms with Crippen molar-refractivity contribution in [1.82, 2.24) is 14.9 Å². The first-order chi connectivity index (χ1) is 7.88. The molecule has 4 nitrogen and oxygen atoms in total. The van der Waals surface area contributed by atoms with Gasteiger partial charge in [0, 0.05) is 32.3 Å². The standard InChI is InChI=1S/C12H21N3O/c1-13-6-4-11-9-15(10-14-11)7-5-12-3-2-8-16-12/h9-10,12-13H,2-8H2,1H3. The second-order valence-corrected chi connectivity index (χ2v) is 4.38. The average Bonchev–Trinajstić information content (AvgIpc) is 2.95. The molecule has 0 aliphatic carbocycles. The molecule has 1 aromatic rings. The van der Waals surface area contributed by atoms with Gasteiger partial charge in [0.1, 0.15) is 0 Å². The summed E-state index contributed by atoms with van der Waals surface area (Å²) in [6.07, 6.45) is 9.11. The Morgan fingerprint density at radius 2 is 2.56 bits per heavy atom. The van der Waals surface area contributed by atoms with E-state index in [0.717, 1.165) is 32.5 Å². The van der Waals surface area contributed by atoms with E-state index in [4.69, 9.17) is 4.74 Å². The van der Waals surface area contributed by atoms with Gasteiger partial charge in [0.2, 0.25) is 0 Å². The van der Waals surface area contributed by atoms with Crippen molar-refractivity contribution in [2.24, 2.45) is 0 Å². The summed E-state index contributed by atoms with van der Waals surface area (Å²) in [7, 11) is 1.97. The van der Waals surface area contributed by atoms with E-state index >= 15 is 0 Å². The van der Waals surface area contributed by atoms with Gasteiger partial charge in [-0.3, -0.25) is 0 Å². The predicted octanol–water partition coefficient (Wildman–Crippen LogP) is 1.21. The maximum absolute atomic E-state index is 5.60. The number of nitrogens with one attached hydrogen (secondary N) is 1. The first kappa shape index (κ1) is 11.6. The van der Waals surface area contributed by atoms with E-state index in [1.807, 2.05) is 13.4 Å². The summed E-state index contributed by atoms with van der Waals surface area (Å²) in [4.78, 5) is 4.38. The zero-order chi connectivity index (χ0) is 11.2. The van der Waals surface area contributed by atoms with E-state index in [1.165, 1.54) is 18.5 Å². The molecule has 0 amide bonds. The molecule has 0 saturated carbocycles. The van der Waals surface area contributed by atoms with E-state index in [2.05, 4.69) is 21.1 Å². The number of imidazole rings is 1. The third-order valence-electron chi connectivity index (χ3n) is 3.05. The van der Waals surface area contributed by atoms with Gasteiger partial charge < -0.3 is 14.6 Å². The fourth-order valence-electron chi connectivity index (χ4n) is 2.08. The van der Waals surface area contributed by atoms with Crippen LogP contribution in [0.4, 0.5) is 0 Å². The van der Waals surface area contributed by atoms with Crippen molar-refractivity contribution >= 4 is 0 Å². The number of hydrogen-bond acceptors (Lipinski definition) is 3. The second-order valence-electron chi connectivity index (χ2n) is 4.38. The fourth-order valence-corrected chi connectivity index (χ4v) is 2.08. The number of likely N-dealkylation sites (N-methyl/N-ethyl adjacent to an activating group) is 1. The highest BCUT2D eigenvalue weighted by molar-refractivity contribution is 4.97. The Balaban J connectivity index is 1.73. The average molecular weight is 223 g/mol. The zero-order valence-corrected chi connectivity index (χ0v) is 9.98. The van der Waals surface area contributed by atoms with E-state index in [-0.39, 0.29) is 0 Å². The van der Waals surface area contributed by atoms with Crippen molar-refractivity contribution in [3.63, 3.8) is 0 Å². The number of hydrogen-bond donors (Lipinski definition) is 1. The van der Waals surface area contributed by atoms with Crippen molar-refractivity contribution in [3.05, 3.63) is 18.2 Å². The molecule has 1 atom stereocenters. The lowest BCUT2D eigenvalue weighted by atomic mass is 10.2. The smallest absolute Gasteiger partial charge is 0.0949 e. The molecular weight excluding hydrogens is 202 g/mol. The first-order valence-corrected chi connectivity index (χ1v) is 6.15. The topological polar surface area (TPSA) is 39.1 Å². The summed E-state index contributed by atoms with van der Waals surface area (Å²) < 4.78 is 7.78. The van der Waals surface area contributed by atoms with Crippen molar-refractivity contribution in [3.8, 4) is 0 Å². The van der Waals surface area contributed by atoms with Crippen LogP contribution in [0, 0.1) is 0 Å². The van der Waals surface area contributed by atoms with Crippen LogP contribution in [-0.4, -0.2) is 35.9 Å². The Labute approximate surface area is 97.0 Å². The van der Waals surface area contributed by atoms with Crippen LogP contribution in [0.3, 0.4) is 0 Å². The Morgan fingerprint density at radius 3 is 3.31 bits per heavy atom. The maximum atomic E-state index is 5.60. The van der Waals surface area contributed by atoms with Gasteiger partial charge in [-0.1, -0.05) is 0 Å². The number of aromatic nitrogens is 2. The highest BCUT2D eigenvalue weighted by Crippen LogP contribution is 2.16. The molecule has 1 saturated heterocycles. The molecule has 1 N–H and O–H groups in total. The van der Waals surface area contributed by atoms with Crippen molar-refractivity contribution < 1.29 is 4.74 Å². The minimum absolute atomic E-state index is 0.475. The van der Waals surface area contributed by atoms with Crippen LogP contribution in [-0.2, 0) is 17.7 Å². The molecule has 2 heterocycles. The van der Waals surface area contributed by atoms with Crippen LogP contribution < -0.4 is 5.32 Å². The summed E-state index contributed by atoms with van der Waals surface area (Å²) in [6, 6.07) is 0. The molecule has 0 radical (unpaired) electrons. The monoisotopic (exact) mass is 223 g/mol. The molecule has 0 spiro atoms. The number of rotatable bonds is 6. The lowest BCUT2D eigenvalue weighted by Gasteiger charge is -2.08. The van der Waals surface area contributed by atoms with Crippen molar-refractivity contribution in [2.75, 3.05) is 20.2 Å². The van der Waals surface area contributed by atoms with Crippen LogP contribution in [0.5, 0.6) is 0 Å². The molecule has 1 unspecified atom stereocenters. The van der Waals surface area contributed by atoms with Gasteiger partial charge in [0.05, 0.1) is 18.1 Å². The van der Waals surface area contributed by atoms with Gasteiger partial charge in [-0.2, -0.15) is 0 Å². The Morgan fingerprint density at radius 1 is 1.62 bits per heavy atom. The van der Waals surface area contributed by atoms with Gasteiger partial charge in [-0.15, -0.1) is 0 Å². The van der Waals surface area contributed by atoms with Crippen molar-refractivity contribution in [1.29, 1.82) is 0 Å². The molecule has 1 aromatic heterocycles. The van der Waals surface area contributed by atoms with Crippen LogP contribution in [0.2, 0.25) is 0 Å². The van der Waals surface area contributed by atoms with Crippen LogP contribution in [0.25, 0.3) is 0 Å². The second kappa shape index (κ2) is 6.01. The fraction of sp³-hybridized carbons (Fsp3) is 0.750. The van der Waals surface area contributed by atoms with Gasteiger partial charge in [0.15, 0.2) is 0 Å². The Kier molecular flexibility index (Phi) is 4.36. The lowest BCUT2D eigenvalue weighted by molar-refractivity contribution is 0.100. The molecule has 1 fully saturated rings. The third kappa shape index (κ3) is 3.32. The van der Waals surface area contributed by atoms with E-state index < -0.39 is 0 Å². The molecular formula is C12H21N3O. The first-order valence-electron chi connectivity index (χ1n) is 6.15. The zero-order valence-electron chi connectivity index (χ0n) is 9.98. The molecule has 2 rings (SSSR count). The van der Waals surface area contributed by atoms with Crippen molar-refractivity contribution in [2.45, 2.75) is 38.3 Å². The molecule has 0 bridgehead atoms. The SMILES string of the molecule is CNCCc1cn(CCC2CCCO2)cn1. The summed E-state index contributed by atoms with van der Waals surface area (Å²) in [6.45, 7) is 2.96. The van der Waals surface area contributed by atoms with Gasteiger partial charge >= 0.3 is 0 Å². The maximum Gasteiger partial charge on any atom is 0.0949 e. The van der Waals surface area contributed by atoms with Crippen LogP contribution in [0.1, 0.15) is 25.0 Å². The molecule has 1 aliphatic heterocycles. The van der Waals surface area contributed by atoms with Gasteiger partial charge in [0.25, 0.3) is 0 Å². The largest absolute Gasteiger partial charge is 0.378 e. The molecule has 90 valence electrons. The number of ether oxygens (including phenoxy) is 1. The van der Waals surface area contributed by atoms with Crippen LogP contribution >= 0.6 is 0 Å². The highest BCUT2D eigenvalue weighted by Gasteiger charge is 2.14. The minimum Gasteiger partial charge on any atom is -0.378 e. The molecule has 1 aliphatic rings.